The zero-order chi connectivity index (χ0) is 12.4. The molecule has 0 aliphatic rings. The molecule has 90 valence electrons. The molecule has 4 nitrogen and oxygen atoms in total. The first-order valence-electron chi connectivity index (χ1n) is 5.44. The topological polar surface area (TPSA) is 42.7 Å². The Balaban J connectivity index is 2.45. The number of hydrogen-bond donors (Lipinski definition) is 1. The molecule has 2 aromatic rings. The smallest absolute Gasteiger partial charge is 0.0848 e. The van der Waals surface area contributed by atoms with Gasteiger partial charge in [0.2, 0.25) is 0 Å². The molecule has 0 saturated carbocycles. The van der Waals surface area contributed by atoms with Crippen molar-refractivity contribution in [1.82, 2.24) is 20.1 Å². The van der Waals surface area contributed by atoms with Crippen molar-refractivity contribution in [3.8, 4) is 5.69 Å². The third-order valence-electron chi connectivity index (χ3n) is 2.61. The van der Waals surface area contributed by atoms with E-state index < -0.39 is 0 Å². The number of nitrogens with one attached hydrogen (secondary N) is 1. The van der Waals surface area contributed by atoms with Crippen molar-refractivity contribution in [2.45, 2.75) is 20.4 Å². The molecule has 2 aromatic heterocycles. The van der Waals surface area contributed by atoms with Gasteiger partial charge in [-0.15, -0.1) is 0 Å². The van der Waals surface area contributed by atoms with E-state index in [1.165, 1.54) is 0 Å². The third-order valence-corrected chi connectivity index (χ3v) is 3.16. The molecule has 0 saturated heterocycles. The standard InChI is InChI=1S/C12H15ClN4/c1-8-12(13)9(2)17(16-8)11-4-10(5-14-3)6-15-7-11/h4,6-7,14H,5H2,1-3H3. The van der Waals surface area contributed by atoms with E-state index in [1.807, 2.05) is 31.8 Å². The predicted octanol–water partition coefficient (Wildman–Crippen LogP) is 2.26. The maximum absolute atomic E-state index is 6.13. The zero-order valence-corrected chi connectivity index (χ0v) is 10.9. The minimum Gasteiger partial charge on any atom is -0.316 e. The first-order valence-corrected chi connectivity index (χ1v) is 5.82. The van der Waals surface area contributed by atoms with Gasteiger partial charge in [-0.05, 0) is 32.5 Å². The van der Waals surface area contributed by atoms with E-state index in [1.54, 1.807) is 6.20 Å². The summed E-state index contributed by atoms with van der Waals surface area (Å²) in [5, 5.41) is 8.22. The van der Waals surface area contributed by atoms with Gasteiger partial charge in [-0.25, -0.2) is 4.68 Å². The fourth-order valence-electron chi connectivity index (χ4n) is 1.77. The molecule has 0 atom stereocenters. The van der Waals surface area contributed by atoms with Gasteiger partial charge in [0.25, 0.3) is 0 Å². The molecule has 0 aliphatic heterocycles. The average Bonchev–Trinajstić information content (AvgIpc) is 2.58. The quantitative estimate of drug-likeness (QED) is 0.909. The number of pyridine rings is 1. The predicted molar refractivity (Wildman–Crippen MR) is 68.6 cm³/mol. The Labute approximate surface area is 106 Å². The molecule has 0 unspecified atom stereocenters. The third kappa shape index (κ3) is 2.33. The summed E-state index contributed by atoms with van der Waals surface area (Å²) in [4.78, 5) is 4.22. The van der Waals surface area contributed by atoms with Gasteiger partial charge in [-0.2, -0.15) is 5.10 Å². The summed E-state index contributed by atoms with van der Waals surface area (Å²) in [6.45, 7) is 4.64. The number of halogens is 1. The molecule has 0 fully saturated rings. The summed E-state index contributed by atoms with van der Waals surface area (Å²) in [5.41, 5.74) is 3.83. The lowest BCUT2D eigenvalue weighted by molar-refractivity contribution is 0.795. The first kappa shape index (κ1) is 12.1. The number of aromatic nitrogens is 3. The van der Waals surface area contributed by atoms with Crippen LogP contribution in [0.15, 0.2) is 18.5 Å². The van der Waals surface area contributed by atoms with E-state index in [0.29, 0.717) is 5.02 Å². The van der Waals surface area contributed by atoms with E-state index in [9.17, 15) is 0 Å². The molecular weight excluding hydrogens is 236 g/mol. The lowest BCUT2D eigenvalue weighted by atomic mass is 10.2. The number of aryl methyl sites for hydroxylation is 1. The van der Waals surface area contributed by atoms with Crippen molar-refractivity contribution in [3.05, 3.63) is 40.4 Å². The second kappa shape index (κ2) is 4.85. The maximum atomic E-state index is 6.13. The molecule has 0 bridgehead atoms. The van der Waals surface area contributed by atoms with Crippen LogP contribution in [0.4, 0.5) is 0 Å². The van der Waals surface area contributed by atoms with Crippen molar-refractivity contribution >= 4 is 11.6 Å². The van der Waals surface area contributed by atoms with Crippen molar-refractivity contribution in [2.24, 2.45) is 0 Å². The number of hydrogen-bond acceptors (Lipinski definition) is 3. The Bertz CT molecular complexity index is 533. The van der Waals surface area contributed by atoms with E-state index in [2.05, 4.69) is 21.5 Å². The summed E-state index contributed by atoms with van der Waals surface area (Å²) in [6, 6.07) is 2.05. The van der Waals surface area contributed by atoms with Crippen LogP contribution in [-0.2, 0) is 6.54 Å². The molecule has 0 aromatic carbocycles. The van der Waals surface area contributed by atoms with Crippen LogP contribution in [0.1, 0.15) is 17.0 Å². The molecular formula is C12H15ClN4. The van der Waals surface area contributed by atoms with Crippen LogP contribution in [0, 0.1) is 13.8 Å². The SMILES string of the molecule is CNCc1cncc(-n2nc(C)c(Cl)c2C)c1. The second-order valence-corrected chi connectivity index (χ2v) is 4.36. The largest absolute Gasteiger partial charge is 0.316 e. The Morgan fingerprint density at radius 3 is 2.71 bits per heavy atom. The van der Waals surface area contributed by atoms with Crippen LogP contribution in [0.25, 0.3) is 5.69 Å². The number of rotatable bonds is 3. The summed E-state index contributed by atoms with van der Waals surface area (Å²) in [5.74, 6) is 0. The molecule has 0 radical (unpaired) electrons. The van der Waals surface area contributed by atoms with Crippen LogP contribution in [0.2, 0.25) is 5.02 Å². The minimum absolute atomic E-state index is 0.712. The van der Waals surface area contributed by atoms with Crippen molar-refractivity contribution in [1.29, 1.82) is 0 Å². The zero-order valence-electron chi connectivity index (χ0n) is 10.2. The highest BCUT2D eigenvalue weighted by Crippen LogP contribution is 2.22. The summed E-state index contributed by atoms with van der Waals surface area (Å²) >= 11 is 6.13. The summed E-state index contributed by atoms with van der Waals surface area (Å²) < 4.78 is 1.82. The van der Waals surface area contributed by atoms with E-state index in [4.69, 9.17) is 11.6 Å². The highest BCUT2D eigenvalue weighted by molar-refractivity contribution is 6.31. The van der Waals surface area contributed by atoms with Gasteiger partial charge in [0.05, 0.1) is 28.3 Å². The van der Waals surface area contributed by atoms with E-state index in [0.717, 1.165) is 29.2 Å². The first-order chi connectivity index (χ1) is 8.13. The lowest BCUT2D eigenvalue weighted by Gasteiger charge is -2.06. The highest BCUT2D eigenvalue weighted by atomic mass is 35.5. The fourth-order valence-corrected chi connectivity index (χ4v) is 1.88. The summed E-state index contributed by atoms with van der Waals surface area (Å²) in [6.07, 6.45) is 3.63. The number of nitrogens with zero attached hydrogens (tertiary/aromatic N) is 3. The molecule has 2 rings (SSSR count). The highest BCUT2D eigenvalue weighted by Gasteiger charge is 2.10. The molecule has 1 N–H and O–H groups in total. The lowest BCUT2D eigenvalue weighted by Crippen LogP contribution is -2.07. The van der Waals surface area contributed by atoms with E-state index >= 15 is 0 Å². The van der Waals surface area contributed by atoms with Crippen LogP contribution < -0.4 is 5.32 Å². The minimum atomic E-state index is 0.712. The monoisotopic (exact) mass is 250 g/mol. The van der Waals surface area contributed by atoms with Crippen LogP contribution in [0.3, 0.4) is 0 Å². The van der Waals surface area contributed by atoms with Gasteiger partial charge in [-0.1, -0.05) is 11.6 Å². The molecule has 0 spiro atoms. The van der Waals surface area contributed by atoms with Crippen LogP contribution >= 0.6 is 11.6 Å². The maximum Gasteiger partial charge on any atom is 0.0848 e. The fraction of sp³-hybridized carbons (Fsp3) is 0.333. The molecule has 17 heavy (non-hydrogen) atoms. The van der Waals surface area contributed by atoms with Crippen LogP contribution in [-0.4, -0.2) is 21.8 Å². The average molecular weight is 251 g/mol. The van der Waals surface area contributed by atoms with Crippen LogP contribution in [0.5, 0.6) is 0 Å². The van der Waals surface area contributed by atoms with E-state index in [-0.39, 0.29) is 0 Å². The molecule has 5 heteroatoms. The Hall–Kier alpha value is -1.39. The Morgan fingerprint density at radius 2 is 2.12 bits per heavy atom. The molecule has 0 aliphatic carbocycles. The van der Waals surface area contributed by atoms with Crippen molar-refractivity contribution in [3.63, 3.8) is 0 Å². The van der Waals surface area contributed by atoms with Gasteiger partial charge >= 0.3 is 0 Å². The normalized spacial score (nSPS) is 10.8. The van der Waals surface area contributed by atoms with Gasteiger partial charge < -0.3 is 5.32 Å². The van der Waals surface area contributed by atoms with Gasteiger partial charge in [0.15, 0.2) is 0 Å². The van der Waals surface area contributed by atoms with Gasteiger partial charge in [0.1, 0.15) is 0 Å². The Morgan fingerprint density at radius 1 is 1.35 bits per heavy atom. The van der Waals surface area contributed by atoms with Crippen molar-refractivity contribution < 1.29 is 0 Å². The second-order valence-electron chi connectivity index (χ2n) is 3.98. The van der Waals surface area contributed by atoms with Gasteiger partial charge in [-0.3, -0.25) is 4.98 Å². The molecule has 0 amide bonds. The molecule has 2 heterocycles. The summed E-state index contributed by atoms with van der Waals surface area (Å²) in [7, 11) is 1.91. The van der Waals surface area contributed by atoms with Gasteiger partial charge in [0, 0.05) is 12.7 Å². The van der Waals surface area contributed by atoms with Crippen molar-refractivity contribution in [2.75, 3.05) is 7.05 Å². The Kier molecular flexibility index (Phi) is 3.45.